The predicted molar refractivity (Wildman–Crippen MR) is 76.2 cm³/mol. The molecule has 1 aromatic carbocycles. The van der Waals surface area contributed by atoms with Gasteiger partial charge in [0.1, 0.15) is 5.75 Å². The minimum Gasteiger partial charge on any atom is -0.494 e. The molecule has 1 rings (SSSR count). The van der Waals surface area contributed by atoms with Crippen LogP contribution >= 0.6 is 0 Å². The van der Waals surface area contributed by atoms with Crippen LogP contribution in [0.4, 0.5) is 5.69 Å². The van der Waals surface area contributed by atoms with Crippen molar-refractivity contribution in [1.29, 1.82) is 0 Å². The number of aliphatic hydroxyl groups excluding tert-OH is 1. The number of rotatable bonds is 7. The summed E-state index contributed by atoms with van der Waals surface area (Å²) in [4.78, 5) is 11.9. The zero-order valence-electron chi connectivity index (χ0n) is 11.9. The molecule has 0 aliphatic carbocycles. The first-order valence-corrected chi connectivity index (χ1v) is 6.79. The Kier molecular flexibility index (Phi) is 6.36. The second kappa shape index (κ2) is 7.79. The molecule has 1 aromatic rings. The number of amides is 1. The number of benzene rings is 1. The standard InChI is InChI=1S/C15H23NO3/c1-4-6-11(3)15(18)16-13-7-8-14(19-5-2)12(9-13)10-17/h7-9,11,17H,4-6,10H2,1-3H3,(H,16,18). The lowest BCUT2D eigenvalue weighted by Gasteiger charge is -2.14. The molecule has 4 heteroatoms. The van der Waals surface area contributed by atoms with Gasteiger partial charge in [-0.2, -0.15) is 0 Å². The van der Waals surface area contributed by atoms with Crippen molar-refractivity contribution in [3.63, 3.8) is 0 Å². The summed E-state index contributed by atoms with van der Waals surface area (Å²) in [5, 5.41) is 12.2. The van der Waals surface area contributed by atoms with Gasteiger partial charge in [-0.05, 0) is 31.5 Å². The number of aliphatic hydroxyl groups is 1. The van der Waals surface area contributed by atoms with Crippen molar-refractivity contribution in [2.24, 2.45) is 5.92 Å². The van der Waals surface area contributed by atoms with E-state index >= 15 is 0 Å². The van der Waals surface area contributed by atoms with E-state index in [2.05, 4.69) is 12.2 Å². The molecule has 0 saturated heterocycles. The molecule has 0 saturated carbocycles. The Balaban J connectivity index is 2.76. The molecule has 0 heterocycles. The first-order chi connectivity index (χ1) is 9.12. The van der Waals surface area contributed by atoms with E-state index in [0.29, 0.717) is 23.6 Å². The summed E-state index contributed by atoms with van der Waals surface area (Å²) in [6, 6.07) is 5.32. The van der Waals surface area contributed by atoms with Crippen molar-refractivity contribution in [3.05, 3.63) is 23.8 Å². The average molecular weight is 265 g/mol. The van der Waals surface area contributed by atoms with E-state index in [0.717, 1.165) is 12.8 Å². The SMILES string of the molecule is CCCC(C)C(=O)Nc1ccc(OCC)c(CO)c1. The van der Waals surface area contributed by atoms with E-state index < -0.39 is 0 Å². The molecule has 19 heavy (non-hydrogen) atoms. The number of carbonyl (C=O) groups excluding carboxylic acids is 1. The maximum absolute atomic E-state index is 11.9. The number of hydrogen-bond donors (Lipinski definition) is 2. The molecular weight excluding hydrogens is 242 g/mol. The minimum atomic E-state index is -0.108. The highest BCUT2D eigenvalue weighted by Gasteiger charge is 2.12. The molecule has 0 bridgehead atoms. The van der Waals surface area contributed by atoms with E-state index in [1.807, 2.05) is 13.8 Å². The Morgan fingerprint density at radius 1 is 1.42 bits per heavy atom. The van der Waals surface area contributed by atoms with Gasteiger partial charge in [0.2, 0.25) is 5.91 Å². The molecule has 0 radical (unpaired) electrons. The fraction of sp³-hybridized carbons (Fsp3) is 0.533. The second-order valence-corrected chi connectivity index (χ2v) is 4.59. The van der Waals surface area contributed by atoms with E-state index in [1.165, 1.54) is 0 Å². The molecule has 0 fully saturated rings. The molecular formula is C15H23NO3. The third-order valence-corrected chi connectivity index (χ3v) is 2.97. The quantitative estimate of drug-likeness (QED) is 0.797. The van der Waals surface area contributed by atoms with Gasteiger partial charge in [0.05, 0.1) is 13.2 Å². The highest BCUT2D eigenvalue weighted by molar-refractivity contribution is 5.92. The topological polar surface area (TPSA) is 58.6 Å². The fourth-order valence-corrected chi connectivity index (χ4v) is 1.91. The molecule has 0 aromatic heterocycles. The van der Waals surface area contributed by atoms with Crippen molar-refractivity contribution >= 4 is 11.6 Å². The van der Waals surface area contributed by atoms with Crippen LogP contribution in [0.2, 0.25) is 0 Å². The van der Waals surface area contributed by atoms with Crippen LogP contribution in [0, 0.1) is 5.92 Å². The third-order valence-electron chi connectivity index (χ3n) is 2.97. The molecule has 0 aliphatic heterocycles. The highest BCUT2D eigenvalue weighted by Crippen LogP contribution is 2.23. The maximum Gasteiger partial charge on any atom is 0.227 e. The van der Waals surface area contributed by atoms with Crippen molar-refractivity contribution in [2.75, 3.05) is 11.9 Å². The molecule has 1 atom stereocenters. The molecule has 4 nitrogen and oxygen atoms in total. The van der Waals surface area contributed by atoms with Crippen LogP contribution < -0.4 is 10.1 Å². The summed E-state index contributed by atoms with van der Waals surface area (Å²) in [6.07, 6.45) is 1.86. The van der Waals surface area contributed by atoms with E-state index in [4.69, 9.17) is 4.74 Å². The van der Waals surface area contributed by atoms with Crippen LogP contribution in [0.1, 0.15) is 39.2 Å². The van der Waals surface area contributed by atoms with Gasteiger partial charge in [-0.3, -0.25) is 4.79 Å². The van der Waals surface area contributed by atoms with Crippen LogP contribution in [0.15, 0.2) is 18.2 Å². The van der Waals surface area contributed by atoms with Gasteiger partial charge in [0, 0.05) is 17.2 Å². The van der Waals surface area contributed by atoms with Gasteiger partial charge in [-0.25, -0.2) is 0 Å². The highest BCUT2D eigenvalue weighted by atomic mass is 16.5. The Morgan fingerprint density at radius 2 is 2.16 bits per heavy atom. The monoisotopic (exact) mass is 265 g/mol. The lowest BCUT2D eigenvalue weighted by atomic mass is 10.1. The van der Waals surface area contributed by atoms with Gasteiger partial charge < -0.3 is 15.2 Å². The Hall–Kier alpha value is -1.55. The molecule has 1 unspecified atom stereocenters. The first-order valence-electron chi connectivity index (χ1n) is 6.79. The Morgan fingerprint density at radius 3 is 2.74 bits per heavy atom. The van der Waals surface area contributed by atoms with Gasteiger partial charge >= 0.3 is 0 Å². The number of anilines is 1. The van der Waals surface area contributed by atoms with Gasteiger partial charge in [-0.15, -0.1) is 0 Å². The molecule has 1 amide bonds. The van der Waals surface area contributed by atoms with Crippen LogP contribution in [0.25, 0.3) is 0 Å². The smallest absolute Gasteiger partial charge is 0.227 e. The zero-order chi connectivity index (χ0) is 14.3. The van der Waals surface area contributed by atoms with Gasteiger partial charge in [-0.1, -0.05) is 20.3 Å². The van der Waals surface area contributed by atoms with Crippen LogP contribution in [-0.4, -0.2) is 17.6 Å². The number of ether oxygens (including phenoxy) is 1. The summed E-state index contributed by atoms with van der Waals surface area (Å²) >= 11 is 0. The van der Waals surface area contributed by atoms with E-state index in [9.17, 15) is 9.90 Å². The summed E-state index contributed by atoms with van der Waals surface area (Å²) < 4.78 is 5.40. The van der Waals surface area contributed by atoms with E-state index in [1.54, 1.807) is 18.2 Å². The van der Waals surface area contributed by atoms with Crippen molar-refractivity contribution in [3.8, 4) is 5.75 Å². The van der Waals surface area contributed by atoms with Gasteiger partial charge in [0.25, 0.3) is 0 Å². The van der Waals surface area contributed by atoms with Crippen molar-refractivity contribution in [2.45, 2.75) is 40.2 Å². The molecule has 0 spiro atoms. The summed E-state index contributed by atoms with van der Waals surface area (Å²) in [7, 11) is 0. The Bertz CT molecular complexity index is 418. The molecule has 106 valence electrons. The average Bonchev–Trinajstić information content (AvgIpc) is 2.41. The minimum absolute atomic E-state index is 0.00542. The lowest BCUT2D eigenvalue weighted by Crippen LogP contribution is -2.20. The summed E-state index contributed by atoms with van der Waals surface area (Å²) in [6.45, 7) is 6.31. The van der Waals surface area contributed by atoms with Crippen molar-refractivity contribution in [1.82, 2.24) is 0 Å². The number of carbonyl (C=O) groups is 1. The maximum atomic E-state index is 11.9. The molecule has 0 aliphatic rings. The van der Waals surface area contributed by atoms with E-state index in [-0.39, 0.29) is 18.4 Å². The Labute approximate surface area is 114 Å². The summed E-state index contributed by atoms with van der Waals surface area (Å²) in [5.41, 5.74) is 1.38. The number of hydrogen-bond acceptors (Lipinski definition) is 3. The van der Waals surface area contributed by atoms with Crippen molar-refractivity contribution < 1.29 is 14.6 Å². The zero-order valence-corrected chi connectivity index (χ0v) is 11.9. The second-order valence-electron chi connectivity index (χ2n) is 4.59. The predicted octanol–water partition coefficient (Wildman–Crippen LogP) is 2.95. The fourth-order valence-electron chi connectivity index (χ4n) is 1.91. The van der Waals surface area contributed by atoms with Gasteiger partial charge in [0.15, 0.2) is 0 Å². The van der Waals surface area contributed by atoms with Crippen LogP contribution in [0.3, 0.4) is 0 Å². The summed E-state index contributed by atoms with van der Waals surface area (Å²) in [5.74, 6) is 0.661. The first kappa shape index (κ1) is 15.5. The largest absolute Gasteiger partial charge is 0.494 e. The molecule has 2 N–H and O–H groups in total. The lowest BCUT2D eigenvalue weighted by molar-refractivity contribution is -0.119. The number of nitrogens with one attached hydrogen (secondary N) is 1. The van der Waals surface area contributed by atoms with Crippen LogP contribution in [-0.2, 0) is 11.4 Å². The van der Waals surface area contributed by atoms with Crippen LogP contribution in [0.5, 0.6) is 5.75 Å². The normalized spacial score (nSPS) is 12.0. The third kappa shape index (κ3) is 4.56.